The number of hydrogen-bond donors (Lipinski definition) is 2. The minimum absolute atomic E-state index is 0.768. The second-order valence-corrected chi connectivity index (χ2v) is 6.95. The van der Waals surface area contributed by atoms with E-state index >= 15 is 0 Å². The molecule has 0 atom stereocenters. The lowest BCUT2D eigenvalue weighted by Crippen LogP contribution is -1.86. The van der Waals surface area contributed by atoms with E-state index in [1.807, 2.05) is 54.9 Å². The van der Waals surface area contributed by atoms with Crippen molar-refractivity contribution in [1.29, 1.82) is 0 Å². The maximum Gasteiger partial charge on any atom is 0.135 e. The van der Waals surface area contributed by atoms with E-state index in [9.17, 15) is 0 Å². The van der Waals surface area contributed by atoms with Crippen LogP contribution in [0.1, 0.15) is 0 Å². The molecule has 6 rings (SSSR count). The van der Waals surface area contributed by atoms with Crippen molar-refractivity contribution in [2.24, 2.45) is 0 Å². The Morgan fingerprint density at radius 1 is 0.733 bits per heavy atom. The summed E-state index contributed by atoms with van der Waals surface area (Å²) >= 11 is 0. The molecule has 0 aliphatic heterocycles. The van der Waals surface area contributed by atoms with E-state index in [2.05, 4.69) is 36.2 Å². The molecule has 0 radical (unpaired) electrons. The number of fused-ring (bicyclic) bond motifs is 2. The predicted molar refractivity (Wildman–Crippen MR) is 115 cm³/mol. The Balaban J connectivity index is 1.52. The summed E-state index contributed by atoms with van der Waals surface area (Å²) in [6, 6.07) is 15.8. The molecule has 7 nitrogen and oxygen atoms in total. The zero-order valence-electron chi connectivity index (χ0n) is 15.7. The number of aromatic nitrogens is 7. The van der Waals surface area contributed by atoms with Crippen molar-refractivity contribution in [1.82, 2.24) is 35.1 Å². The Kier molecular flexibility index (Phi) is 3.64. The van der Waals surface area contributed by atoms with Crippen LogP contribution in [0.3, 0.4) is 0 Å². The summed E-state index contributed by atoms with van der Waals surface area (Å²) in [7, 11) is 0. The molecule has 0 bridgehead atoms. The van der Waals surface area contributed by atoms with Gasteiger partial charge in [-0.15, -0.1) is 0 Å². The summed E-state index contributed by atoms with van der Waals surface area (Å²) in [4.78, 5) is 21.3. The molecule has 0 aliphatic carbocycles. The second-order valence-electron chi connectivity index (χ2n) is 6.95. The lowest BCUT2D eigenvalue weighted by atomic mass is 10.1. The van der Waals surface area contributed by atoms with Crippen LogP contribution in [-0.4, -0.2) is 35.1 Å². The number of rotatable bonds is 3. The minimum atomic E-state index is 0.768. The number of aromatic amines is 2. The summed E-state index contributed by atoms with van der Waals surface area (Å²) in [6.07, 6.45) is 8.94. The van der Waals surface area contributed by atoms with Gasteiger partial charge in [-0.1, -0.05) is 0 Å². The van der Waals surface area contributed by atoms with Crippen molar-refractivity contribution in [3.8, 4) is 33.9 Å². The van der Waals surface area contributed by atoms with Gasteiger partial charge in [-0.2, -0.15) is 5.10 Å². The lowest BCUT2D eigenvalue weighted by Gasteiger charge is -2.01. The SMILES string of the molecule is c1cncc(-c2ccc3[nH]nc(-c4cc5c(-c6cccnc6)nccc5[nH]4)c3n2)c1. The fraction of sp³-hybridized carbons (Fsp3) is 0. The number of hydrogen-bond acceptors (Lipinski definition) is 5. The summed E-state index contributed by atoms with van der Waals surface area (Å²) in [6.45, 7) is 0. The van der Waals surface area contributed by atoms with Crippen molar-refractivity contribution in [2.45, 2.75) is 0 Å². The van der Waals surface area contributed by atoms with Crippen LogP contribution in [0, 0.1) is 0 Å². The first kappa shape index (κ1) is 16.6. The molecule has 6 heterocycles. The second kappa shape index (κ2) is 6.59. The molecule has 2 N–H and O–H groups in total. The van der Waals surface area contributed by atoms with Gasteiger partial charge in [-0.3, -0.25) is 20.1 Å². The maximum atomic E-state index is 4.85. The summed E-state index contributed by atoms with van der Waals surface area (Å²) in [5, 5.41) is 8.63. The Morgan fingerprint density at radius 2 is 1.57 bits per heavy atom. The maximum absolute atomic E-state index is 4.85. The van der Waals surface area contributed by atoms with Crippen LogP contribution in [0.4, 0.5) is 0 Å². The fourth-order valence-corrected chi connectivity index (χ4v) is 3.68. The van der Waals surface area contributed by atoms with Crippen LogP contribution in [0.15, 0.2) is 79.5 Å². The van der Waals surface area contributed by atoms with Crippen LogP contribution in [0.25, 0.3) is 55.8 Å². The normalized spacial score (nSPS) is 11.3. The molecule has 0 fully saturated rings. The number of nitrogens with zero attached hydrogens (tertiary/aromatic N) is 5. The van der Waals surface area contributed by atoms with E-state index in [1.165, 1.54) is 0 Å². The summed E-state index contributed by atoms with van der Waals surface area (Å²) in [5.41, 5.74) is 7.98. The zero-order chi connectivity index (χ0) is 19.9. The Hall–Kier alpha value is -4.39. The van der Waals surface area contributed by atoms with E-state index in [4.69, 9.17) is 4.98 Å². The number of nitrogens with one attached hydrogen (secondary N) is 2. The highest BCUT2D eigenvalue weighted by molar-refractivity contribution is 5.99. The van der Waals surface area contributed by atoms with Crippen molar-refractivity contribution in [2.75, 3.05) is 0 Å². The first-order valence-corrected chi connectivity index (χ1v) is 9.51. The van der Waals surface area contributed by atoms with E-state index < -0.39 is 0 Å². The van der Waals surface area contributed by atoms with Gasteiger partial charge in [0.05, 0.1) is 22.6 Å². The van der Waals surface area contributed by atoms with Gasteiger partial charge < -0.3 is 4.98 Å². The molecule has 6 aromatic heterocycles. The highest BCUT2D eigenvalue weighted by Crippen LogP contribution is 2.32. The molecule has 0 saturated carbocycles. The number of H-pyrrole nitrogens is 2. The van der Waals surface area contributed by atoms with Crippen LogP contribution >= 0.6 is 0 Å². The molecule has 7 heteroatoms. The van der Waals surface area contributed by atoms with Gasteiger partial charge in [-0.05, 0) is 48.5 Å². The molecule has 0 aliphatic rings. The predicted octanol–water partition coefficient (Wildman–Crippen LogP) is 4.63. The van der Waals surface area contributed by atoms with Crippen molar-refractivity contribution in [3.63, 3.8) is 0 Å². The largest absolute Gasteiger partial charge is 0.353 e. The van der Waals surface area contributed by atoms with E-state index in [1.54, 1.807) is 18.6 Å². The standard InChI is InChI=1S/C23H15N7/c1-3-14(12-24-8-1)17-5-6-19-22(28-17)23(30-29-19)20-11-16-18(27-20)7-10-26-21(16)15-4-2-9-25-13-15/h1-13,27H,(H,29,30). The summed E-state index contributed by atoms with van der Waals surface area (Å²) in [5.74, 6) is 0. The van der Waals surface area contributed by atoms with Gasteiger partial charge >= 0.3 is 0 Å². The molecule has 0 aromatic carbocycles. The van der Waals surface area contributed by atoms with Crippen molar-refractivity contribution >= 4 is 21.9 Å². The highest BCUT2D eigenvalue weighted by Gasteiger charge is 2.15. The average molecular weight is 389 g/mol. The smallest absolute Gasteiger partial charge is 0.135 e. The van der Waals surface area contributed by atoms with Crippen molar-refractivity contribution in [3.05, 3.63) is 79.5 Å². The first-order chi connectivity index (χ1) is 14.9. The third-order valence-electron chi connectivity index (χ3n) is 5.10. The van der Waals surface area contributed by atoms with Crippen LogP contribution in [-0.2, 0) is 0 Å². The van der Waals surface area contributed by atoms with Crippen LogP contribution in [0.2, 0.25) is 0 Å². The average Bonchev–Trinajstić information content (AvgIpc) is 3.43. The molecule has 142 valence electrons. The summed E-state index contributed by atoms with van der Waals surface area (Å²) < 4.78 is 0. The Morgan fingerprint density at radius 3 is 2.37 bits per heavy atom. The third-order valence-corrected chi connectivity index (χ3v) is 5.10. The van der Waals surface area contributed by atoms with Gasteiger partial charge in [0.1, 0.15) is 11.2 Å². The van der Waals surface area contributed by atoms with Crippen LogP contribution in [0.5, 0.6) is 0 Å². The van der Waals surface area contributed by atoms with Gasteiger partial charge in [0.15, 0.2) is 0 Å². The van der Waals surface area contributed by atoms with Gasteiger partial charge in [0.2, 0.25) is 0 Å². The molecule has 0 unspecified atom stereocenters. The van der Waals surface area contributed by atoms with Crippen molar-refractivity contribution < 1.29 is 0 Å². The lowest BCUT2D eigenvalue weighted by molar-refractivity contribution is 1.12. The molecule has 6 aromatic rings. The molecular formula is C23H15N7. The van der Waals surface area contributed by atoms with Crippen LogP contribution < -0.4 is 0 Å². The molecule has 0 saturated heterocycles. The van der Waals surface area contributed by atoms with Gasteiger partial charge in [0.25, 0.3) is 0 Å². The van der Waals surface area contributed by atoms with E-state index in [0.29, 0.717) is 0 Å². The van der Waals surface area contributed by atoms with Gasteiger partial charge in [0, 0.05) is 53.0 Å². The van der Waals surface area contributed by atoms with E-state index in [-0.39, 0.29) is 0 Å². The zero-order valence-corrected chi connectivity index (χ0v) is 15.7. The monoisotopic (exact) mass is 389 g/mol. The first-order valence-electron chi connectivity index (χ1n) is 9.51. The Bertz CT molecular complexity index is 1480. The Labute approximate surface area is 170 Å². The molecular weight excluding hydrogens is 374 g/mol. The molecule has 30 heavy (non-hydrogen) atoms. The minimum Gasteiger partial charge on any atom is -0.353 e. The van der Waals surface area contributed by atoms with E-state index in [0.717, 1.165) is 55.8 Å². The van der Waals surface area contributed by atoms with Gasteiger partial charge in [-0.25, -0.2) is 4.98 Å². The third kappa shape index (κ3) is 2.64. The molecule has 0 spiro atoms. The number of pyridine rings is 4. The molecule has 0 amide bonds. The highest BCUT2D eigenvalue weighted by atomic mass is 15.1. The topological polar surface area (TPSA) is 96.0 Å². The quantitative estimate of drug-likeness (QED) is 0.460. The fourth-order valence-electron chi connectivity index (χ4n) is 3.68.